The number of halogens is 2. The first-order chi connectivity index (χ1) is 9.97. The molecular formula is C14H13F2NO4. The quantitative estimate of drug-likeness (QED) is 0.473. The van der Waals surface area contributed by atoms with Crippen LogP contribution in [0.2, 0.25) is 0 Å². The highest BCUT2D eigenvalue weighted by Gasteiger charge is 2.55. The number of methoxy groups -OCH3 is 1. The number of benzene rings is 1. The minimum absolute atomic E-state index is 0.00803. The summed E-state index contributed by atoms with van der Waals surface area (Å²) < 4.78 is 31.7. The van der Waals surface area contributed by atoms with Crippen LogP contribution in [0.1, 0.15) is 33.6 Å². The molecule has 0 N–H and O–H groups in total. The second-order valence-corrected chi connectivity index (χ2v) is 4.53. The maximum atomic E-state index is 15.0. The van der Waals surface area contributed by atoms with Gasteiger partial charge in [-0.15, -0.1) is 0 Å². The summed E-state index contributed by atoms with van der Waals surface area (Å²) >= 11 is 0. The second-order valence-electron chi connectivity index (χ2n) is 4.53. The number of carbonyl (C=O) groups is 3. The molecular weight excluding hydrogens is 284 g/mol. The molecule has 1 aromatic rings. The lowest BCUT2D eigenvalue weighted by Crippen LogP contribution is -2.54. The van der Waals surface area contributed by atoms with E-state index in [1.165, 1.54) is 24.3 Å². The van der Waals surface area contributed by atoms with Crippen LogP contribution in [0.5, 0.6) is 0 Å². The van der Waals surface area contributed by atoms with E-state index in [1.54, 1.807) is 0 Å². The Hall–Kier alpha value is -2.31. The molecule has 0 aliphatic carbocycles. The van der Waals surface area contributed by atoms with Crippen molar-refractivity contribution in [3.8, 4) is 0 Å². The molecule has 1 atom stereocenters. The fourth-order valence-electron chi connectivity index (χ4n) is 2.27. The first kappa shape index (κ1) is 15.1. The SMILES string of the molecule is COC(=O)C(F)(CCCF)N1C(=O)c2ccccc2C1=O. The maximum absolute atomic E-state index is 15.0. The predicted molar refractivity (Wildman–Crippen MR) is 68.0 cm³/mol. The molecule has 1 unspecified atom stereocenters. The Kier molecular flexibility index (Phi) is 4.02. The van der Waals surface area contributed by atoms with E-state index in [2.05, 4.69) is 4.74 Å². The van der Waals surface area contributed by atoms with E-state index >= 15 is 0 Å². The zero-order valence-electron chi connectivity index (χ0n) is 11.3. The topological polar surface area (TPSA) is 63.7 Å². The Balaban J connectivity index is 2.45. The summed E-state index contributed by atoms with van der Waals surface area (Å²) in [7, 11) is 0.935. The summed E-state index contributed by atoms with van der Waals surface area (Å²) in [5, 5.41) is 0. The van der Waals surface area contributed by atoms with Gasteiger partial charge in [0.25, 0.3) is 17.6 Å². The zero-order valence-corrected chi connectivity index (χ0v) is 11.3. The van der Waals surface area contributed by atoms with E-state index in [0.717, 1.165) is 7.11 Å². The van der Waals surface area contributed by atoms with Gasteiger partial charge in [-0.3, -0.25) is 14.0 Å². The van der Waals surface area contributed by atoms with E-state index in [1.807, 2.05) is 0 Å². The van der Waals surface area contributed by atoms with Gasteiger partial charge in [-0.25, -0.2) is 14.1 Å². The first-order valence-corrected chi connectivity index (χ1v) is 6.28. The van der Waals surface area contributed by atoms with Crippen LogP contribution >= 0.6 is 0 Å². The summed E-state index contributed by atoms with van der Waals surface area (Å²) in [5.41, 5.74) is 0.0161. The molecule has 0 bridgehead atoms. The van der Waals surface area contributed by atoms with Gasteiger partial charge in [0.05, 0.1) is 24.9 Å². The van der Waals surface area contributed by atoms with Gasteiger partial charge in [-0.2, -0.15) is 0 Å². The third kappa shape index (κ3) is 2.28. The number of hydrogen-bond acceptors (Lipinski definition) is 4. The molecule has 1 heterocycles. The van der Waals surface area contributed by atoms with Crippen LogP contribution in [0.25, 0.3) is 0 Å². The molecule has 1 aliphatic heterocycles. The number of rotatable bonds is 5. The highest BCUT2D eigenvalue weighted by Crippen LogP contribution is 2.34. The van der Waals surface area contributed by atoms with Crippen molar-refractivity contribution >= 4 is 17.8 Å². The van der Waals surface area contributed by atoms with E-state index < -0.39 is 36.7 Å². The molecule has 0 spiro atoms. The Morgan fingerprint density at radius 2 is 1.76 bits per heavy atom. The molecule has 0 fully saturated rings. The molecule has 7 heteroatoms. The molecule has 5 nitrogen and oxygen atoms in total. The van der Waals surface area contributed by atoms with E-state index in [0.29, 0.717) is 0 Å². The van der Waals surface area contributed by atoms with E-state index in [9.17, 15) is 23.2 Å². The standard InChI is InChI=1S/C14H13F2NO4/c1-21-13(20)14(16,7-4-8-15)17-11(18)9-5-2-3-6-10(9)12(17)19/h2-3,5-6H,4,7-8H2,1H3. The summed E-state index contributed by atoms with van der Waals surface area (Å²) in [6, 6.07) is 5.77. The molecule has 2 rings (SSSR count). The summed E-state index contributed by atoms with van der Waals surface area (Å²) in [5.74, 6) is -6.26. The van der Waals surface area contributed by atoms with Crippen LogP contribution < -0.4 is 0 Å². The van der Waals surface area contributed by atoms with Gasteiger partial charge >= 0.3 is 5.97 Å². The van der Waals surface area contributed by atoms with Crippen LogP contribution in [0, 0.1) is 0 Å². The summed E-state index contributed by atoms with van der Waals surface area (Å²) in [6.07, 6.45) is -0.972. The normalized spacial score (nSPS) is 16.6. The third-order valence-corrected chi connectivity index (χ3v) is 3.29. The van der Waals surface area contributed by atoms with E-state index in [-0.39, 0.29) is 22.4 Å². The Labute approximate surface area is 119 Å². The number of alkyl halides is 2. The van der Waals surface area contributed by atoms with Crippen LogP contribution in [0.15, 0.2) is 24.3 Å². The molecule has 0 saturated carbocycles. The largest absolute Gasteiger partial charge is 0.465 e. The lowest BCUT2D eigenvalue weighted by atomic mass is 10.1. The van der Waals surface area contributed by atoms with Crippen molar-refractivity contribution in [1.82, 2.24) is 4.90 Å². The minimum Gasteiger partial charge on any atom is -0.465 e. The minimum atomic E-state index is -3.01. The van der Waals surface area contributed by atoms with Gasteiger partial charge in [-0.1, -0.05) is 12.1 Å². The monoisotopic (exact) mass is 297 g/mol. The Morgan fingerprint density at radius 1 is 1.24 bits per heavy atom. The maximum Gasteiger partial charge on any atom is 0.365 e. The van der Waals surface area contributed by atoms with Gasteiger partial charge in [-0.05, 0) is 18.6 Å². The fraction of sp³-hybridized carbons (Fsp3) is 0.357. The number of hydrogen-bond donors (Lipinski definition) is 0. The average Bonchev–Trinajstić information content (AvgIpc) is 2.76. The van der Waals surface area contributed by atoms with Crippen LogP contribution in [0.3, 0.4) is 0 Å². The molecule has 21 heavy (non-hydrogen) atoms. The molecule has 112 valence electrons. The number of ether oxygens (including phenoxy) is 1. The zero-order chi connectivity index (χ0) is 15.6. The van der Waals surface area contributed by atoms with Crippen LogP contribution in [0.4, 0.5) is 8.78 Å². The van der Waals surface area contributed by atoms with Gasteiger partial charge in [0.2, 0.25) is 0 Å². The smallest absolute Gasteiger partial charge is 0.365 e. The average molecular weight is 297 g/mol. The Bertz CT molecular complexity index is 569. The van der Waals surface area contributed by atoms with Crippen molar-refractivity contribution in [3.05, 3.63) is 35.4 Å². The van der Waals surface area contributed by atoms with Crippen LogP contribution in [-0.4, -0.2) is 42.3 Å². The van der Waals surface area contributed by atoms with Crippen molar-refractivity contribution in [2.45, 2.75) is 18.6 Å². The molecule has 0 saturated heterocycles. The van der Waals surface area contributed by atoms with E-state index in [4.69, 9.17) is 0 Å². The number of nitrogens with zero attached hydrogens (tertiary/aromatic N) is 1. The van der Waals surface area contributed by atoms with Gasteiger partial charge < -0.3 is 4.74 Å². The van der Waals surface area contributed by atoms with Crippen molar-refractivity contribution < 1.29 is 27.9 Å². The van der Waals surface area contributed by atoms with Crippen molar-refractivity contribution in [3.63, 3.8) is 0 Å². The molecule has 0 radical (unpaired) electrons. The van der Waals surface area contributed by atoms with Gasteiger partial charge in [0, 0.05) is 6.42 Å². The number of fused-ring (bicyclic) bond motifs is 1. The summed E-state index contributed by atoms with van der Waals surface area (Å²) in [4.78, 5) is 36.3. The molecule has 1 aliphatic rings. The van der Waals surface area contributed by atoms with Crippen molar-refractivity contribution in [2.24, 2.45) is 0 Å². The highest BCUT2D eigenvalue weighted by molar-refractivity contribution is 6.23. The molecule has 0 aromatic heterocycles. The number of esters is 1. The number of imide groups is 1. The molecule has 1 aromatic carbocycles. The van der Waals surface area contributed by atoms with Gasteiger partial charge in [0.1, 0.15) is 0 Å². The molecule has 2 amide bonds. The number of amides is 2. The third-order valence-electron chi connectivity index (χ3n) is 3.29. The lowest BCUT2D eigenvalue weighted by molar-refractivity contribution is -0.164. The van der Waals surface area contributed by atoms with Crippen LogP contribution in [-0.2, 0) is 9.53 Å². The fourth-order valence-corrected chi connectivity index (χ4v) is 2.27. The highest BCUT2D eigenvalue weighted by atomic mass is 19.1. The predicted octanol–water partition coefficient (Wildman–Crippen LogP) is 1.87. The van der Waals surface area contributed by atoms with Gasteiger partial charge in [0.15, 0.2) is 0 Å². The first-order valence-electron chi connectivity index (χ1n) is 6.28. The van der Waals surface area contributed by atoms with Crippen molar-refractivity contribution in [1.29, 1.82) is 0 Å². The summed E-state index contributed by atoms with van der Waals surface area (Å²) in [6.45, 7) is -0.883. The second kappa shape index (κ2) is 5.59. The lowest BCUT2D eigenvalue weighted by Gasteiger charge is -2.30. The Morgan fingerprint density at radius 3 is 2.19 bits per heavy atom. The van der Waals surface area contributed by atoms with Crippen molar-refractivity contribution in [2.75, 3.05) is 13.8 Å². The number of carbonyl (C=O) groups excluding carboxylic acids is 3.